The highest BCUT2D eigenvalue weighted by Gasteiger charge is 2.40. The average molecular weight is 287 g/mol. The highest BCUT2D eigenvalue weighted by Crippen LogP contribution is 2.37. The first-order valence-corrected chi connectivity index (χ1v) is 7.71. The number of hydrogen-bond donors (Lipinski definition) is 2. The molecule has 112 valence electrons. The number of carbonyl (C=O) groups is 2. The first-order valence-electron chi connectivity index (χ1n) is 7.71. The molecule has 2 aliphatic carbocycles. The van der Waals surface area contributed by atoms with Crippen molar-refractivity contribution in [3.8, 4) is 0 Å². The molecule has 2 aliphatic rings. The van der Waals surface area contributed by atoms with Crippen LogP contribution < -0.4 is 5.32 Å². The second kappa shape index (κ2) is 5.51. The number of carbonyl (C=O) groups excluding carboxylic acids is 1. The van der Waals surface area contributed by atoms with Crippen LogP contribution in [0.5, 0.6) is 0 Å². The lowest BCUT2D eigenvalue weighted by Crippen LogP contribution is -2.53. The summed E-state index contributed by atoms with van der Waals surface area (Å²) in [5, 5.41) is 12.2. The van der Waals surface area contributed by atoms with Gasteiger partial charge in [0.15, 0.2) is 0 Å². The van der Waals surface area contributed by atoms with E-state index in [2.05, 4.69) is 5.32 Å². The van der Waals surface area contributed by atoms with Crippen molar-refractivity contribution in [1.29, 1.82) is 0 Å². The van der Waals surface area contributed by atoms with Gasteiger partial charge in [0.2, 0.25) is 5.91 Å². The molecule has 1 amide bonds. The van der Waals surface area contributed by atoms with Gasteiger partial charge >= 0.3 is 5.97 Å². The lowest BCUT2D eigenvalue weighted by Gasteiger charge is -2.39. The molecule has 0 bridgehead atoms. The topological polar surface area (TPSA) is 66.4 Å². The van der Waals surface area contributed by atoms with Gasteiger partial charge in [-0.3, -0.25) is 9.59 Å². The van der Waals surface area contributed by atoms with Gasteiger partial charge in [0.1, 0.15) is 0 Å². The van der Waals surface area contributed by atoms with Crippen LogP contribution in [0.15, 0.2) is 24.3 Å². The fourth-order valence-electron chi connectivity index (χ4n) is 3.71. The molecule has 1 saturated carbocycles. The number of fused-ring (bicyclic) bond motifs is 1. The van der Waals surface area contributed by atoms with Crippen molar-refractivity contribution in [3.05, 3.63) is 35.4 Å². The van der Waals surface area contributed by atoms with Crippen molar-refractivity contribution >= 4 is 11.9 Å². The van der Waals surface area contributed by atoms with E-state index in [0.29, 0.717) is 0 Å². The summed E-state index contributed by atoms with van der Waals surface area (Å²) in [5.74, 6) is -0.933. The number of aliphatic carboxylic acids is 1. The van der Waals surface area contributed by atoms with E-state index < -0.39 is 11.5 Å². The van der Waals surface area contributed by atoms with Gasteiger partial charge < -0.3 is 10.4 Å². The number of rotatable bonds is 4. The third-order valence-corrected chi connectivity index (χ3v) is 4.86. The maximum atomic E-state index is 12.5. The third kappa shape index (κ3) is 2.80. The number of hydrogen-bond acceptors (Lipinski definition) is 2. The normalized spacial score (nSPS) is 22.8. The van der Waals surface area contributed by atoms with Crippen LogP contribution in [0.2, 0.25) is 0 Å². The zero-order valence-electron chi connectivity index (χ0n) is 12.1. The largest absolute Gasteiger partial charge is 0.481 e. The Morgan fingerprint density at radius 3 is 2.57 bits per heavy atom. The van der Waals surface area contributed by atoms with Gasteiger partial charge in [0.05, 0.1) is 17.9 Å². The van der Waals surface area contributed by atoms with E-state index in [1.54, 1.807) is 0 Å². The fourth-order valence-corrected chi connectivity index (χ4v) is 3.71. The second-order valence-electron chi connectivity index (χ2n) is 6.36. The molecular weight excluding hydrogens is 266 g/mol. The van der Waals surface area contributed by atoms with Gasteiger partial charge in [0, 0.05) is 0 Å². The Balaban J connectivity index is 1.72. The molecule has 4 nitrogen and oxygen atoms in total. The SMILES string of the molecule is O=C(O)CC1(NC(=O)C2Cc3ccccc32)CCCCC1. The lowest BCUT2D eigenvalue weighted by atomic mass is 9.75. The van der Waals surface area contributed by atoms with Gasteiger partial charge in [-0.05, 0) is 30.4 Å². The van der Waals surface area contributed by atoms with Crippen molar-refractivity contribution in [3.63, 3.8) is 0 Å². The molecule has 1 atom stereocenters. The number of nitrogens with one attached hydrogen (secondary N) is 1. The minimum atomic E-state index is -0.828. The quantitative estimate of drug-likeness (QED) is 0.894. The fraction of sp³-hybridized carbons (Fsp3) is 0.529. The Kier molecular flexibility index (Phi) is 3.70. The van der Waals surface area contributed by atoms with Crippen LogP contribution in [-0.2, 0) is 16.0 Å². The van der Waals surface area contributed by atoms with Crippen LogP contribution in [0.25, 0.3) is 0 Å². The van der Waals surface area contributed by atoms with Crippen molar-refractivity contribution in [1.82, 2.24) is 5.32 Å². The summed E-state index contributed by atoms with van der Waals surface area (Å²) < 4.78 is 0. The first-order chi connectivity index (χ1) is 10.1. The molecule has 21 heavy (non-hydrogen) atoms. The highest BCUT2D eigenvalue weighted by molar-refractivity contribution is 5.88. The summed E-state index contributed by atoms with van der Waals surface area (Å²) in [6.45, 7) is 0. The minimum Gasteiger partial charge on any atom is -0.481 e. The van der Waals surface area contributed by atoms with Crippen LogP contribution in [0, 0.1) is 0 Å². The summed E-state index contributed by atoms with van der Waals surface area (Å²) in [7, 11) is 0. The van der Waals surface area contributed by atoms with Crippen molar-refractivity contribution in [2.75, 3.05) is 0 Å². The van der Waals surface area contributed by atoms with Crippen LogP contribution >= 0.6 is 0 Å². The molecular formula is C17H21NO3. The van der Waals surface area contributed by atoms with Crippen LogP contribution in [0.1, 0.15) is 55.6 Å². The molecule has 1 aromatic rings. The minimum absolute atomic E-state index is 0.00292. The van der Waals surface area contributed by atoms with E-state index in [0.717, 1.165) is 44.1 Å². The highest BCUT2D eigenvalue weighted by atomic mass is 16.4. The van der Waals surface area contributed by atoms with E-state index in [1.807, 2.05) is 24.3 Å². The second-order valence-corrected chi connectivity index (χ2v) is 6.36. The van der Waals surface area contributed by atoms with Gasteiger partial charge in [-0.25, -0.2) is 0 Å². The number of carboxylic acids is 1. The van der Waals surface area contributed by atoms with E-state index in [-0.39, 0.29) is 18.2 Å². The Morgan fingerprint density at radius 1 is 1.19 bits per heavy atom. The molecule has 0 heterocycles. The lowest BCUT2D eigenvalue weighted by molar-refractivity contribution is -0.139. The predicted octanol–water partition coefficient (Wildman–Crippen LogP) is 2.62. The van der Waals surface area contributed by atoms with E-state index >= 15 is 0 Å². The molecule has 3 rings (SSSR count). The molecule has 1 fully saturated rings. The van der Waals surface area contributed by atoms with E-state index in [1.165, 1.54) is 5.56 Å². The van der Waals surface area contributed by atoms with Crippen molar-refractivity contribution < 1.29 is 14.7 Å². The number of benzene rings is 1. The Morgan fingerprint density at radius 2 is 1.90 bits per heavy atom. The summed E-state index contributed by atoms with van der Waals surface area (Å²) in [6.07, 6.45) is 5.48. The molecule has 0 saturated heterocycles. The van der Waals surface area contributed by atoms with E-state index in [9.17, 15) is 9.59 Å². The molecule has 1 aromatic carbocycles. The number of carboxylic acid groups (broad SMARTS) is 1. The van der Waals surface area contributed by atoms with Gasteiger partial charge in [0.25, 0.3) is 0 Å². The molecule has 0 spiro atoms. The zero-order chi connectivity index (χ0) is 14.9. The molecule has 2 N–H and O–H groups in total. The molecule has 0 radical (unpaired) electrons. The van der Waals surface area contributed by atoms with E-state index in [4.69, 9.17) is 5.11 Å². The molecule has 1 unspecified atom stereocenters. The van der Waals surface area contributed by atoms with Gasteiger partial charge in [-0.1, -0.05) is 43.5 Å². The summed E-state index contributed by atoms with van der Waals surface area (Å²) in [4.78, 5) is 23.7. The maximum Gasteiger partial charge on any atom is 0.305 e. The Bertz CT molecular complexity index is 561. The summed E-state index contributed by atoms with van der Waals surface area (Å²) >= 11 is 0. The predicted molar refractivity (Wildman–Crippen MR) is 79.1 cm³/mol. The standard InChI is InChI=1S/C17H21NO3/c19-15(20)11-17(8-4-1-5-9-17)18-16(21)14-10-12-6-2-3-7-13(12)14/h2-3,6-7,14H,1,4-5,8-11H2,(H,18,21)(H,19,20). The van der Waals surface area contributed by atoms with Gasteiger partial charge in [-0.15, -0.1) is 0 Å². The Hall–Kier alpha value is -1.84. The van der Waals surface area contributed by atoms with Crippen molar-refractivity contribution in [2.45, 2.75) is 56.4 Å². The summed E-state index contributed by atoms with van der Waals surface area (Å²) in [5.41, 5.74) is 1.79. The number of amides is 1. The maximum absolute atomic E-state index is 12.5. The monoisotopic (exact) mass is 287 g/mol. The smallest absolute Gasteiger partial charge is 0.305 e. The van der Waals surface area contributed by atoms with Crippen LogP contribution in [0.3, 0.4) is 0 Å². The Labute approximate surface area is 124 Å². The summed E-state index contributed by atoms with van der Waals surface area (Å²) in [6, 6.07) is 7.98. The third-order valence-electron chi connectivity index (χ3n) is 4.86. The molecule has 0 aromatic heterocycles. The van der Waals surface area contributed by atoms with Crippen LogP contribution in [-0.4, -0.2) is 22.5 Å². The molecule has 0 aliphatic heterocycles. The van der Waals surface area contributed by atoms with Crippen LogP contribution in [0.4, 0.5) is 0 Å². The van der Waals surface area contributed by atoms with Gasteiger partial charge in [-0.2, -0.15) is 0 Å². The molecule has 4 heteroatoms. The first kappa shape index (κ1) is 14.1. The zero-order valence-corrected chi connectivity index (χ0v) is 12.1. The average Bonchev–Trinajstić information content (AvgIpc) is 2.40. The van der Waals surface area contributed by atoms with Crippen molar-refractivity contribution in [2.24, 2.45) is 0 Å².